The van der Waals surface area contributed by atoms with Crippen LogP contribution in [0.2, 0.25) is 0 Å². The molecule has 1 N–H and O–H groups in total. The summed E-state index contributed by atoms with van der Waals surface area (Å²) in [6.07, 6.45) is 0. The molecule has 0 spiro atoms. The first-order chi connectivity index (χ1) is 8.36. The van der Waals surface area contributed by atoms with E-state index in [4.69, 9.17) is 4.42 Å². The number of nitrogens with one attached hydrogen (secondary N) is 1. The second-order valence-corrected chi connectivity index (χ2v) is 4.55. The van der Waals surface area contributed by atoms with Gasteiger partial charge in [-0.15, -0.1) is 0 Å². The smallest absolute Gasteiger partial charge is 0.328 e. The van der Waals surface area contributed by atoms with Gasteiger partial charge in [-0.2, -0.15) is 0 Å². The van der Waals surface area contributed by atoms with Crippen LogP contribution in [0.3, 0.4) is 0 Å². The molecule has 0 bridgehead atoms. The highest BCUT2D eigenvalue weighted by Gasteiger charge is 2.26. The molecule has 1 aromatic rings. The lowest BCUT2D eigenvalue weighted by Gasteiger charge is -2.19. The molecule has 1 unspecified atom stereocenters. The van der Waals surface area contributed by atoms with Crippen LogP contribution in [-0.2, 0) is 9.53 Å². The van der Waals surface area contributed by atoms with Crippen molar-refractivity contribution in [3.8, 4) is 0 Å². The van der Waals surface area contributed by atoms with Gasteiger partial charge in [0.25, 0.3) is 5.91 Å². The fourth-order valence-electron chi connectivity index (χ4n) is 1.70. The van der Waals surface area contributed by atoms with E-state index in [0.717, 1.165) is 0 Å². The molecule has 0 fully saturated rings. The van der Waals surface area contributed by atoms with Gasteiger partial charge in [0.05, 0.1) is 12.7 Å². The number of carbonyl (C=O) groups is 2. The lowest BCUT2D eigenvalue weighted by atomic mass is 10.0. The van der Waals surface area contributed by atoms with Gasteiger partial charge in [0.2, 0.25) is 0 Å². The van der Waals surface area contributed by atoms with Gasteiger partial charge in [-0.1, -0.05) is 13.8 Å². The first-order valence-electron chi connectivity index (χ1n) is 5.82. The molecule has 1 rings (SSSR count). The molecular formula is C13H19NO4. The Morgan fingerprint density at radius 2 is 1.94 bits per heavy atom. The molecular weight excluding hydrogens is 234 g/mol. The first kappa shape index (κ1) is 14.3. The molecule has 1 atom stereocenters. The van der Waals surface area contributed by atoms with Crippen LogP contribution >= 0.6 is 0 Å². The Hall–Kier alpha value is -1.78. The molecule has 1 aromatic heterocycles. The van der Waals surface area contributed by atoms with Gasteiger partial charge in [0.15, 0.2) is 0 Å². The van der Waals surface area contributed by atoms with E-state index in [1.807, 2.05) is 13.8 Å². The lowest BCUT2D eigenvalue weighted by molar-refractivity contribution is -0.144. The highest BCUT2D eigenvalue weighted by atomic mass is 16.5. The number of aryl methyl sites for hydroxylation is 2. The Bertz CT molecular complexity index is 448. The zero-order valence-corrected chi connectivity index (χ0v) is 11.4. The minimum absolute atomic E-state index is 0.0466. The highest BCUT2D eigenvalue weighted by molar-refractivity contribution is 5.97. The Balaban J connectivity index is 2.85. The van der Waals surface area contributed by atoms with Crippen molar-refractivity contribution >= 4 is 11.9 Å². The fourth-order valence-corrected chi connectivity index (χ4v) is 1.70. The summed E-state index contributed by atoms with van der Waals surface area (Å²) in [6.45, 7) is 7.17. The molecule has 0 aromatic carbocycles. The van der Waals surface area contributed by atoms with E-state index in [9.17, 15) is 9.59 Å². The summed E-state index contributed by atoms with van der Waals surface area (Å²) in [5.41, 5.74) is 0.446. The van der Waals surface area contributed by atoms with E-state index in [1.54, 1.807) is 19.9 Å². The van der Waals surface area contributed by atoms with Crippen LogP contribution in [0.1, 0.15) is 35.7 Å². The third kappa shape index (κ3) is 3.12. The summed E-state index contributed by atoms with van der Waals surface area (Å²) in [4.78, 5) is 23.6. The SMILES string of the molecule is COC(=O)C(NC(=O)c1cc(C)oc1C)C(C)C. The van der Waals surface area contributed by atoms with Crippen molar-refractivity contribution in [2.45, 2.75) is 33.7 Å². The predicted molar refractivity (Wildman–Crippen MR) is 66.3 cm³/mol. The molecule has 0 saturated carbocycles. The van der Waals surface area contributed by atoms with E-state index in [0.29, 0.717) is 17.1 Å². The molecule has 0 saturated heterocycles. The van der Waals surface area contributed by atoms with E-state index >= 15 is 0 Å². The molecule has 0 aliphatic heterocycles. The summed E-state index contributed by atoms with van der Waals surface area (Å²) in [6, 6.07) is 0.997. The highest BCUT2D eigenvalue weighted by Crippen LogP contribution is 2.14. The average molecular weight is 253 g/mol. The first-order valence-corrected chi connectivity index (χ1v) is 5.82. The number of hydrogen-bond donors (Lipinski definition) is 1. The minimum Gasteiger partial charge on any atom is -0.467 e. The fraction of sp³-hybridized carbons (Fsp3) is 0.538. The monoisotopic (exact) mass is 253 g/mol. The van der Waals surface area contributed by atoms with Crippen LogP contribution in [0, 0.1) is 19.8 Å². The maximum Gasteiger partial charge on any atom is 0.328 e. The quantitative estimate of drug-likeness (QED) is 0.831. The summed E-state index contributed by atoms with van der Waals surface area (Å²) in [7, 11) is 1.30. The number of rotatable bonds is 4. The van der Waals surface area contributed by atoms with Crippen LogP contribution in [0.25, 0.3) is 0 Å². The number of methoxy groups -OCH3 is 1. The number of furan rings is 1. The third-order valence-electron chi connectivity index (χ3n) is 2.69. The number of amides is 1. The summed E-state index contributed by atoms with van der Waals surface area (Å²) in [5.74, 6) is 0.383. The Morgan fingerprint density at radius 3 is 2.33 bits per heavy atom. The van der Waals surface area contributed by atoms with Crippen molar-refractivity contribution in [3.63, 3.8) is 0 Å². The minimum atomic E-state index is -0.655. The van der Waals surface area contributed by atoms with Crippen LogP contribution in [0.15, 0.2) is 10.5 Å². The average Bonchev–Trinajstić information content (AvgIpc) is 2.63. The zero-order chi connectivity index (χ0) is 13.9. The molecule has 5 nitrogen and oxygen atoms in total. The second kappa shape index (κ2) is 5.71. The molecule has 1 amide bonds. The van der Waals surface area contributed by atoms with Crippen LogP contribution < -0.4 is 5.32 Å². The molecule has 18 heavy (non-hydrogen) atoms. The van der Waals surface area contributed by atoms with Gasteiger partial charge in [0.1, 0.15) is 17.6 Å². The molecule has 0 radical (unpaired) electrons. The van der Waals surface area contributed by atoms with E-state index in [1.165, 1.54) is 7.11 Å². The topological polar surface area (TPSA) is 68.5 Å². The molecule has 1 heterocycles. The van der Waals surface area contributed by atoms with E-state index in [-0.39, 0.29) is 11.8 Å². The van der Waals surface area contributed by atoms with Gasteiger partial charge >= 0.3 is 5.97 Å². The standard InChI is InChI=1S/C13H19NO4/c1-7(2)11(13(16)17-5)14-12(15)10-6-8(3)18-9(10)4/h6-7,11H,1-5H3,(H,14,15). The van der Waals surface area contributed by atoms with Crippen molar-refractivity contribution in [2.24, 2.45) is 5.92 Å². The molecule has 0 aliphatic carbocycles. The van der Waals surface area contributed by atoms with Gasteiger partial charge in [-0.25, -0.2) is 4.79 Å². The Labute approximate surface area is 106 Å². The Morgan fingerprint density at radius 1 is 1.33 bits per heavy atom. The summed E-state index contributed by atoms with van der Waals surface area (Å²) < 4.78 is 9.96. The molecule has 100 valence electrons. The second-order valence-electron chi connectivity index (χ2n) is 4.55. The summed E-state index contributed by atoms with van der Waals surface area (Å²) >= 11 is 0. The third-order valence-corrected chi connectivity index (χ3v) is 2.69. The molecule has 0 aliphatic rings. The largest absolute Gasteiger partial charge is 0.467 e. The zero-order valence-electron chi connectivity index (χ0n) is 11.4. The van der Waals surface area contributed by atoms with Gasteiger partial charge in [-0.05, 0) is 25.8 Å². The van der Waals surface area contributed by atoms with Crippen molar-refractivity contribution < 1.29 is 18.7 Å². The molecule has 5 heteroatoms. The van der Waals surface area contributed by atoms with Crippen LogP contribution in [-0.4, -0.2) is 25.0 Å². The van der Waals surface area contributed by atoms with E-state index < -0.39 is 12.0 Å². The van der Waals surface area contributed by atoms with Crippen molar-refractivity contribution in [1.29, 1.82) is 0 Å². The number of carbonyl (C=O) groups excluding carboxylic acids is 2. The number of esters is 1. The van der Waals surface area contributed by atoms with Gasteiger partial charge in [0, 0.05) is 0 Å². The van der Waals surface area contributed by atoms with Crippen LogP contribution in [0.4, 0.5) is 0 Å². The van der Waals surface area contributed by atoms with E-state index in [2.05, 4.69) is 10.1 Å². The van der Waals surface area contributed by atoms with Crippen LogP contribution in [0.5, 0.6) is 0 Å². The van der Waals surface area contributed by atoms with Gasteiger partial charge in [-0.3, -0.25) is 4.79 Å². The van der Waals surface area contributed by atoms with Crippen molar-refractivity contribution in [2.75, 3.05) is 7.11 Å². The predicted octanol–water partition coefficient (Wildman–Crippen LogP) is 1.82. The maximum absolute atomic E-state index is 12.0. The number of hydrogen-bond acceptors (Lipinski definition) is 4. The Kier molecular flexibility index (Phi) is 4.53. The number of ether oxygens (including phenoxy) is 1. The van der Waals surface area contributed by atoms with Crippen molar-refractivity contribution in [1.82, 2.24) is 5.32 Å². The van der Waals surface area contributed by atoms with Gasteiger partial charge < -0.3 is 14.5 Å². The van der Waals surface area contributed by atoms with Crippen molar-refractivity contribution in [3.05, 3.63) is 23.2 Å². The summed E-state index contributed by atoms with van der Waals surface area (Å²) in [5, 5.41) is 2.66. The maximum atomic E-state index is 12.0. The normalized spacial score (nSPS) is 12.3. The lowest BCUT2D eigenvalue weighted by Crippen LogP contribution is -2.45.